The lowest BCUT2D eigenvalue weighted by Gasteiger charge is -2.24. The molecule has 0 spiro atoms. The van der Waals surface area contributed by atoms with Gasteiger partial charge in [0.1, 0.15) is 16.0 Å². The van der Waals surface area contributed by atoms with Crippen molar-refractivity contribution < 1.29 is 28.2 Å². The first-order valence-electron chi connectivity index (χ1n) is 7.76. The molecule has 0 aliphatic carbocycles. The molecule has 1 aliphatic rings. The molecule has 1 aliphatic heterocycles. The Morgan fingerprint density at radius 3 is 2.79 bits per heavy atom. The van der Waals surface area contributed by atoms with E-state index in [-0.39, 0.29) is 23.6 Å². The van der Waals surface area contributed by atoms with Crippen molar-refractivity contribution in [3.8, 4) is 5.75 Å². The Hall–Kier alpha value is -1.84. The summed E-state index contributed by atoms with van der Waals surface area (Å²) in [6.45, 7) is 2.31. The minimum Gasteiger partial charge on any atom is -0.492 e. The normalized spacial score (nSPS) is 21.6. The van der Waals surface area contributed by atoms with Crippen molar-refractivity contribution in [3.63, 3.8) is 0 Å². The first kappa shape index (κ1) is 18.5. The molecular formula is C15H22N2O6S. The van der Waals surface area contributed by atoms with E-state index in [0.717, 1.165) is 17.9 Å². The highest BCUT2D eigenvalue weighted by atomic mass is 32.2. The molecule has 0 radical (unpaired) electrons. The van der Waals surface area contributed by atoms with Crippen molar-refractivity contribution in [2.24, 2.45) is 0 Å². The molecule has 24 heavy (non-hydrogen) atoms. The Bertz CT molecular complexity index is 678. The Kier molecular flexibility index (Phi) is 6.03. The van der Waals surface area contributed by atoms with Gasteiger partial charge in [0.05, 0.1) is 12.7 Å². The van der Waals surface area contributed by atoms with Crippen LogP contribution in [-0.2, 0) is 9.84 Å². The van der Waals surface area contributed by atoms with E-state index in [1.807, 2.05) is 12.3 Å². The summed E-state index contributed by atoms with van der Waals surface area (Å²) in [4.78, 5) is 10.9. The van der Waals surface area contributed by atoms with Crippen molar-refractivity contribution in [2.45, 2.75) is 42.6 Å². The number of aliphatic hydroxyl groups is 1. The summed E-state index contributed by atoms with van der Waals surface area (Å²) in [5.74, 6) is 0.239. The zero-order valence-electron chi connectivity index (χ0n) is 13.4. The van der Waals surface area contributed by atoms with E-state index in [0.29, 0.717) is 6.61 Å². The number of hydrogen-bond donors (Lipinski definition) is 3. The lowest BCUT2D eigenvalue weighted by atomic mass is 10.3. The third-order valence-electron chi connectivity index (χ3n) is 3.74. The van der Waals surface area contributed by atoms with Gasteiger partial charge in [-0.25, -0.2) is 13.2 Å². The van der Waals surface area contributed by atoms with Crippen molar-refractivity contribution in [2.75, 3.05) is 13.2 Å². The van der Waals surface area contributed by atoms with Gasteiger partial charge in [0, 0.05) is 13.0 Å². The van der Waals surface area contributed by atoms with Crippen LogP contribution >= 0.6 is 0 Å². The van der Waals surface area contributed by atoms with Crippen LogP contribution in [0.25, 0.3) is 0 Å². The minimum atomic E-state index is -3.92. The van der Waals surface area contributed by atoms with Crippen molar-refractivity contribution in [1.82, 2.24) is 10.4 Å². The number of para-hydroxylation sites is 1. The fraction of sp³-hybridized carbons (Fsp3) is 0.533. The number of carbonyl (C=O) groups is 1. The second-order valence-corrected chi connectivity index (χ2v) is 7.68. The molecule has 0 saturated carbocycles. The van der Waals surface area contributed by atoms with Crippen LogP contribution in [0.1, 0.15) is 26.2 Å². The van der Waals surface area contributed by atoms with Gasteiger partial charge in [-0.1, -0.05) is 25.5 Å². The summed E-state index contributed by atoms with van der Waals surface area (Å²) >= 11 is 0. The Balaban J connectivity index is 2.30. The Morgan fingerprint density at radius 1 is 1.42 bits per heavy atom. The number of unbranched alkanes of at least 4 members (excludes halogenated alkanes) is 1. The van der Waals surface area contributed by atoms with E-state index in [1.54, 1.807) is 18.2 Å². The lowest BCUT2D eigenvalue weighted by molar-refractivity contribution is 0.130. The zero-order chi connectivity index (χ0) is 17.7. The molecule has 1 aromatic rings. The van der Waals surface area contributed by atoms with Gasteiger partial charge in [-0.05, 0) is 18.6 Å². The van der Waals surface area contributed by atoms with Gasteiger partial charge in [0.15, 0.2) is 9.84 Å². The van der Waals surface area contributed by atoms with Crippen LogP contribution in [0.4, 0.5) is 4.79 Å². The summed E-state index contributed by atoms with van der Waals surface area (Å²) in [5, 5.41) is 18.5. The van der Waals surface area contributed by atoms with Gasteiger partial charge >= 0.3 is 6.09 Å². The number of sulfone groups is 1. The molecule has 9 heteroatoms. The molecule has 1 heterocycles. The molecule has 134 valence electrons. The van der Waals surface area contributed by atoms with Gasteiger partial charge in [-0.2, -0.15) is 5.01 Å². The zero-order valence-corrected chi connectivity index (χ0v) is 14.2. The summed E-state index contributed by atoms with van der Waals surface area (Å²) in [7, 11) is -3.92. The van der Waals surface area contributed by atoms with Crippen LogP contribution in [0.3, 0.4) is 0 Å². The molecule has 3 N–H and O–H groups in total. The van der Waals surface area contributed by atoms with E-state index >= 15 is 0 Å². The highest BCUT2D eigenvalue weighted by molar-refractivity contribution is 7.92. The quantitative estimate of drug-likeness (QED) is 0.627. The predicted octanol–water partition coefficient (Wildman–Crippen LogP) is 1.21. The number of amides is 1. The van der Waals surface area contributed by atoms with Crippen LogP contribution in [-0.4, -0.2) is 54.4 Å². The third kappa shape index (κ3) is 4.16. The van der Waals surface area contributed by atoms with Crippen molar-refractivity contribution >= 4 is 15.9 Å². The van der Waals surface area contributed by atoms with E-state index in [9.17, 15) is 18.3 Å². The van der Waals surface area contributed by atoms with Crippen LogP contribution in [0.15, 0.2) is 29.2 Å². The fourth-order valence-corrected chi connectivity index (χ4v) is 4.51. The second kappa shape index (κ2) is 7.82. The van der Waals surface area contributed by atoms with Crippen LogP contribution < -0.4 is 10.2 Å². The number of carboxylic acid groups (broad SMARTS) is 1. The summed E-state index contributed by atoms with van der Waals surface area (Å²) in [6, 6.07) is 6.26. The molecule has 0 aromatic heterocycles. The predicted molar refractivity (Wildman–Crippen MR) is 86.3 cm³/mol. The molecule has 1 saturated heterocycles. The monoisotopic (exact) mass is 358 g/mol. The van der Waals surface area contributed by atoms with Crippen LogP contribution in [0.2, 0.25) is 0 Å². The molecule has 1 aromatic carbocycles. The largest absolute Gasteiger partial charge is 0.492 e. The number of rotatable bonds is 7. The number of aliphatic hydroxyl groups excluding tert-OH is 1. The number of nitrogens with one attached hydrogen (secondary N) is 1. The average molecular weight is 358 g/mol. The highest BCUT2D eigenvalue weighted by Gasteiger charge is 2.42. The number of benzene rings is 1. The average Bonchev–Trinajstić information content (AvgIpc) is 2.88. The number of nitrogens with zero attached hydrogens (tertiary/aromatic N) is 1. The molecule has 2 atom stereocenters. The molecular weight excluding hydrogens is 336 g/mol. The van der Waals surface area contributed by atoms with Crippen LogP contribution in [0, 0.1) is 0 Å². The van der Waals surface area contributed by atoms with Gasteiger partial charge in [-0.15, -0.1) is 0 Å². The summed E-state index contributed by atoms with van der Waals surface area (Å²) < 4.78 is 31.5. The third-order valence-corrected chi connectivity index (χ3v) is 5.85. The number of β-amino-alcohol motifs (C(OH)–C–C–N with tert-alkyl or cyclic N) is 1. The maximum absolute atomic E-state index is 13.0. The van der Waals surface area contributed by atoms with Gasteiger partial charge in [-0.3, -0.25) is 5.43 Å². The van der Waals surface area contributed by atoms with Gasteiger partial charge in [0.2, 0.25) is 0 Å². The Morgan fingerprint density at radius 2 is 2.12 bits per heavy atom. The second-order valence-electron chi connectivity index (χ2n) is 5.61. The van der Waals surface area contributed by atoms with Crippen LogP contribution in [0.5, 0.6) is 5.75 Å². The minimum absolute atomic E-state index is 0.00241. The number of ether oxygens (including phenoxy) is 1. The maximum atomic E-state index is 13.0. The molecule has 1 fully saturated rings. The van der Waals surface area contributed by atoms with E-state index < -0.39 is 27.4 Å². The van der Waals surface area contributed by atoms with Gasteiger partial charge < -0.3 is 14.9 Å². The van der Waals surface area contributed by atoms with E-state index in [2.05, 4.69) is 0 Å². The lowest BCUT2D eigenvalue weighted by Crippen LogP contribution is -2.47. The highest BCUT2D eigenvalue weighted by Crippen LogP contribution is 2.32. The smallest absolute Gasteiger partial charge is 0.419 e. The SMILES string of the molecule is CCCCOc1ccccc1S(=O)(=O)C1C[C@H](O)CN1NC(=O)O. The van der Waals surface area contributed by atoms with Crippen molar-refractivity contribution in [3.05, 3.63) is 24.3 Å². The molecule has 1 amide bonds. The van der Waals surface area contributed by atoms with Crippen molar-refractivity contribution in [1.29, 1.82) is 0 Å². The number of hydrogen-bond acceptors (Lipinski definition) is 6. The molecule has 0 bridgehead atoms. The number of hydrazine groups is 1. The fourth-order valence-electron chi connectivity index (χ4n) is 2.59. The van der Waals surface area contributed by atoms with E-state index in [4.69, 9.17) is 9.84 Å². The Labute approximate surface area is 140 Å². The topological polar surface area (TPSA) is 116 Å². The summed E-state index contributed by atoms with van der Waals surface area (Å²) in [5.41, 5.74) is 2.04. The standard InChI is InChI=1S/C15H22N2O6S/c1-2-3-8-23-12-6-4-5-7-13(12)24(21,22)14-9-11(18)10-17(14)16-15(19)20/h4-7,11,14,16,18H,2-3,8-10H2,1H3,(H,19,20)/t11-,14?/m0/s1. The van der Waals surface area contributed by atoms with E-state index in [1.165, 1.54) is 6.07 Å². The molecule has 2 rings (SSSR count). The molecule has 8 nitrogen and oxygen atoms in total. The first-order chi connectivity index (χ1) is 11.4. The molecule has 1 unspecified atom stereocenters. The maximum Gasteiger partial charge on any atom is 0.419 e. The first-order valence-corrected chi connectivity index (χ1v) is 9.31. The van der Waals surface area contributed by atoms with Gasteiger partial charge in [0.25, 0.3) is 0 Å². The summed E-state index contributed by atoms with van der Waals surface area (Å²) in [6.07, 6.45) is -0.670.